The molecule has 0 saturated heterocycles. The molecule has 1 aromatic carbocycles. The van der Waals surface area contributed by atoms with E-state index in [1.54, 1.807) is 13.2 Å². The molecule has 0 aromatic heterocycles. The fraction of sp³-hybridized carbons (Fsp3) is 0.500. The van der Waals surface area contributed by atoms with Crippen molar-refractivity contribution in [2.75, 3.05) is 34.4 Å². The lowest BCUT2D eigenvalue weighted by atomic mass is 10.3. The van der Waals surface area contributed by atoms with Crippen LogP contribution in [0.25, 0.3) is 0 Å². The van der Waals surface area contributed by atoms with Crippen molar-refractivity contribution in [3.05, 3.63) is 24.3 Å². The molecule has 0 amide bonds. The highest BCUT2D eigenvalue weighted by molar-refractivity contribution is 5.38. The summed E-state index contributed by atoms with van der Waals surface area (Å²) < 4.78 is 10.8. The molecule has 1 aromatic rings. The number of ether oxygens (including phenoxy) is 2. The minimum Gasteiger partial charge on any atom is -0.493 e. The van der Waals surface area contributed by atoms with Gasteiger partial charge < -0.3 is 14.4 Å². The van der Waals surface area contributed by atoms with Crippen LogP contribution in [-0.2, 0) is 0 Å². The van der Waals surface area contributed by atoms with Gasteiger partial charge in [-0.25, -0.2) is 0 Å². The molecule has 0 heterocycles. The molecule has 0 aliphatic carbocycles. The number of nitrogens with zero attached hydrogens (tertiary/aromatic N) is 1. The number of hydrogen-bond donors (Lipinski definition) is 0. The molecule has 0 aliphatic heterocycles. The minimum absolute atomic E-state index is 0.701. The summed E-state index contributed by atoms with van der Waals surface area (Å²) in [6.07, 6.45) is 1.01. The topological polar surface area (TPSA) is 21.7 Å². The second kappa shape index (κ2) is 6.30. The molecular formula is C12H18NO2. The molecule has 1 rings (SSSR count). The SMILES string of the molecule is COc1cc[c]cc1OCCCN(C)C. The molecule has 0 spiro atoms. The molecule has 3 nitrogen and oxygen atoms in total. The Hall–Kier alpha value is -1.22. The summed E-state index contributed by atoms with van der Waals surface area (Å²) in [6.45, 7) is 1.73. The average Bonchev–Trinajstić information content (AvgIpc) is 2.24. The van der Waals surface area contributed by atoms with Crippen molar-refractivity contribution < 1.29 is 9.47 Å². The van der Waals surface area contributed by atoms with Crippen LogP contribution in [0.3, 0.4) is 0 Å². The van der Waals surface area contributed by atoms with Gasteiger partial charge in [0, 0.05) is 6.54 Å². The van der Waals surface area contributed by atoms with Crippen molar-refractivity contribution in [2.24, 2.45) is 0 Å². The van der Waals surface area contributed by atoms with Crippen LogP contribution in [0.15, 0.2) is 18.2 Å². The summed E-state index contributed by atoms with van der Waals surface area (Å²) in [6, 6.07) is 8.43. The normalized spacial score (nSPS) is 10.4. The number of methoxy groups -OCH3 is 1. The summed E-state index contributed by atoms with van der Waals surface area (Å²) in [5, 5.41) is 0. The lowest BCUT2D eigenvalue weighted by Gasteiger charge is -2.12. The van der Waals surface area contributed by atoms with E-state index in [2.05, 4.69) is 25.1 Å². The first-order chi connectivity index (χ1) is 7.24. The Morgan fingerprint density at radius 2 is 2.13 bits per heavy atom. The van der Waals surface area contributed by atoms with Gasteiger partial charge in [0.05, 0.1) is 13.7 Å². The molecular weight excluding hydrogens is 190 g/mol. The first-order valence-corrected chi connectivity index (χ1v) is 5.05. The van der Waals surface area contributed by atoms with Crippen molar-refractivity contribution in [3.63, 3.8) is 0 Å². The third-order valence-corrected chi connectivity index (χ3v) is 2.02. The zero-order valence-corrected chi connectivity index (χ0v) is 9.62. The van der Waals surface area contributed by atoms with Crippen LogP contribution >= 0.6 is 0 Å². The van der Waals surface area contributed by atoms with Gasteiger partial charge in [-0.2, -0.15) is 0 Å². The van der Waals surface area contributed by atoms with Crippen LogP contribution in [0.4, 0.5) is 0 Å². The van der Waals surface area contributed by atoms with E-state index in [0.29, 0.717) is 6.61 Å². The molecule has 0 saturated carbocycles. The molecule has 0 fully saturated rings. The molecule has 0 atom stereocenters. The maximum Gasteiger partial charge on any atom is 0.161 e. The van der Waals surface area contributed by atoms with Crippen LogP contribution in [0.2, 0.25) is 0 Å². The van der Waals surface area contributed by atoms with E-state index in [9.17, 15) is 0 Å². The van der Waals surface area contributed by atoms with Crippen LogP contribution in [-0.4, -0.2) is 39.3 Å². The van der Waals surface area contributed by atoms with Crippen molar-refractivity contribution in [1.82, 2.24) is 4.90 Å². The largest absolute Gasteiger partial charge is 0.493 e. The maximum atomic E-state index is 5.60. The first-order valence-electron chi connectivity index (χ1n) is 5.05. The lowest BCUT2D eigenvalue weighted by Crippen LogP contribution is -2.15. The second-order valence-corrected chi connectivity index (χ2v) is 3.58. The van der Waals surface area contributed by atoms with Gasteiger partial charge in [-0.3, -0.25) is 0 Å². The van der Waals surface area contributed by atoms with E-state index in [0.717, 1.165) is 24.5 Å². The van der Waals surface area contributed by atoms with Gasteiger partial charge >= 0.3 is 0 Å². The Morgan fingerprint density at radius 1 is 1.33 bits per heavy atom. The van der Waals surface area contributed by atoms with E-state index < -0.39 is 0 Å². The third kappa shape index (κ3) is 4.21. The zero-order valence-electron chi connectivity index (χ0n) is 9.62. The van der Waals surface area contributed by atoms with Crippen LogP contribution in [0.1, 0.15) is 6.42 Å². The van der Waals surface area contributed by atoms with Crippen LogP contribution in [0.5, 0.6) is 11.5 Å². The van der Waals surface area contributed by atoms with Gasteiger partial charge in [0.2, 0.25) is 0 Å². The Bertz CT molecular complexity index is 287. The first kappa shape index (κ1) is 11.9. The Kier molecular flexibility index (Phi) is 4.98. The Morgan fingerprint density at radius 3 is 2.80 bits per heavy atom. The standard InChI is InChI=1S/C12H18NO2/c1-13(2)9-6-10-15-12-8-5-4-7-11(12)14-3/h4,7-8H,6,9-10H2,1-3H3. The Balaban J connectivity index is 2.36. The summed E-state index contributed by atoms with van der Waals surface area (Å²) in [4.78, 5) is 2.14. The maximum absolute atomic E-state index is 5.60. The molecule has 0 aliphatic rings. The average molecular weight is 208 g/mol. The summed E-state index contributed by atoms with van der Waals surface area (Å²) in [7, 11) is 5.75. The number of benzene rings is 1. The molecule has 83 valence electrons. The fourth-order valence-corrected chi connectivity index (χ4v) is 1.25. The molecule has 3 heteroatoms. The highest BCUT2D eigenvalue weighted by Crippen LogP contribution is 2.25. The molecule has 1 radical (unpaired) electrons. The zero-order chi connectivity index (χ0) is 11.1. The van der Waals surface area contributed by atoms with Crippen LogP contribution < -0.4 is 9.47 Å². The van der Waals surface area contributed by atoms with Crippen LogP contribution in [0, 0.1) is 6.07 Å². The van der Waals surface area contributed by atoms with Crippen molar-refractivity contribution in [3.8, 4) is 11.5 Å². The summed E-state index contributed by atoms with van der Waals surface area (Å²) in [5.74, 6) is 1.53. The highest BCUT2D eigenvalue weighted by Gasteiger charge is 2.01. The highest BCUT2D eigenvalue weighted by atomic mass is 16.5. The van der Waals surface area contributed by atoms with E-state index in [1.807, 2.05) is 12.1 Å². The van der Waals surface area contributed by atoms with Gasteiger partial charge in [0.15, 0.2) is 11.5 Å². The van der Waals surface area contributed by atoms with Crippen molar-refractivity contribution in [1.29, 1.82) is 0 Å². The molecule has 15 heavy (non-hydrogen) atoms. The smallest absolute Gasteiger partial charge is 0.161 e. The predicted molar refractivity (Wildman–Crippen MR) is 60.5 cm³/mol. The lowest BCUT2D eigenvalue weighted by molar-refractivity contribution is 0.268. The van der Waals surface area contributed by atoms with Gasteiger partial charge in [-0.1, -0.05) is 6.07 Å². The van der Waals surface area contributed by atoms with Gasteiger partial charge in [-0.05, 0) is 38.7 Å². The second-order valence-electron chi connectivity index (χ2n) is 3.58. The van der Waals surface area contributed by atoms with Crippen molar-refractivity contribution >= 4 is 0 Å². The van der Waals surface area contributed by atoms with E-state index in [4.69, 9.17) is 9.47 Å². The quantitative estimate of drug-likeness (QED) is 0.666. The molecule has 0 N–H and O–H groups in total. The van der Waals surface area contributed by atoms with E-state index in [1.165, 1.54) is 0 Å². The summed E-state index contributed by atoms with van der Waals surface area (Å²) >= 11 is 0. The number of rotatable bonds is 6. The predicted octanol–water partition coefficient (Wildman–Crippen LogP) is 1.83. The monoisotopic (exact) mass is 208 g/mol. The van der Waals surface area contributed by atoms with Gasteiger partial charge in [0.25, 0.3) is 0 Å². The van der Waals surface area contributed by atoms with E-state index >= 15 is 0 Å². The summed E-state index contributed by atoms with van der Waals surface area (Å²) in [5.41, 5.74) is 0. The van der Waals surface area contributed by atoms with Crippen molar-refractivity contribution in [2.45, 2.75) is 6.42 Å². The third-order valence-electron chi connectivity index (χ3n) is 2.02. The minimum atomic E-state index is 0.701. The fourth-order valence-electron chi connectivity index (χ4n) is 1.25. The Labute approximate surface area is 91.6 Å². The molecule has 0 bridgehead atoms. The van der Waals surface area contributed by atoms with E-state index in [-0.39, 0.29) is 0 Å². The van der Waals surface area contributed by atoms with Gasteiger partial charge in [-0.15, -0.1) is 0 Å². The number of hydrogen-bond acceptors (Lipinski definition) is 3. The van der Waals surface area contributed by atoms with Gasteiger partial charge in [0.1, 0.15) is 0 Å². The molecule has 0 unspecified atom stereocenters.